The highest BCUT2D eigenvalue weighted by Crippen LogP contribution is 2.34. The van der Waals surface area contributed by atoms with Crippen LogP contribution >= 0.6 is 11.8 Å². The molecule has 0 saturated carbocycles. The summed E-state index contributed by atoms with van der Waals surface area (Å²) in [6.07, 6.45) is 4.95. The number of pyridine rings is 1. The average molecular weight is 394 g/mol. The van der Waals surface area contributed by atoms with Crippen LogP contribution in [0.1, 0.15) is 12.0 Å². The summed E-state index contributed by atoms with van der Waals surface area (Å²) < 4.78 is 1.56. The molecular formula is C19H18N6O2S. The van der Waals surface area contributed by atoms with Crippen LogP contribution in [0.25, 0.3) is 5.82 Å². The first-order chi connectivity index (χ1) is 13.7. The van der Waals surface area contributed by atoms with Crippen LogP contribution in [0.5, 0.6) is 0 Å². The lowest BCUT2D eigenvalue weighted by atomic mass is 10.2. The molecule has 0 spiro atoms. The van der Waals surface area contributed by atoms with Crippen LogP contribution in [0.2, 0.25) is 0 Å². The number of benzene rings is 1. The summed E-state index contributed by atoms with van der Waals surface area (Å²) in [5.41, 5.74) is 1.76. The van der Waals surface area contributed by atoms with Gasteiger partial charge in [0.1, 0.15) is 12.7 Å². The van der Waals surface area contributed by atoms with Crippen molar-refractivity contribution in [3.63, 3.8) is 0 Å². The van der Waals surface area contributed by atoms with Gasteiger partial charge in [0.2, 0.25) is 11.8 Å². The van der Waals surface area contributed by atoms with Crippen LogP contribution in [0.3, 0.4) is 0 Å². The molecule has 4 rings (SSSR count). The summed E-state index contributed by atoms with van der Waals surface area (Å²) in [6.45, 7) is 0.746. The van der Waals surface area contributed by atoms with Crippen molar-refractivity contribution in [1.29, 1.82) is 0 Å². The van der Waals surface area contributed by atoms with E-state index in [4.69, 9.17) is 0 Å². The predicted molar refractivity (Wildman–Crippen MR) is 105 cm³/mol. The zero-order valence-corrected chi connectivity index (χ0v) is 15.8. The summed E-state index contributed by atoms with van der Waals surface area (Å²) in [6, 6.07) is 11.5. The minimum atomic E-state index is -0.108. The van der Waals surface area contributed by atoms with Gasteiger partial charge >= 0.3 is 0 Å². The van der Waals surface area contributed by atoms with E-state index in [-0.39, 0.29) is 18.2 Å². The first-order valence-electron chi connectivity index (χ1n) is 8.79. The molecule has 2 aromatic heterocycles. The number of nitrogens with zero attached hydrogens (tertiary/aromatic N) is 5. The highest BCUT2D eigenvalue weighted by Gasteiger charge is 2.24. The quantitative estimate of drug-likeness (QED) is 0.685. The number of nitrogens with one attached hydrogen (secondary N) is 1. The minimum absolute atomic E-state index is 0.0319. The second kappa shape index (κ2) is 8.22. The molecule has 2 amide bonds. The van der Waals surface area contributed by atoms with Crippen molar-refractivity contribution in [1.82, 2.24) is 25.1 Å². The summed E-state index contributed by atoms with van der Waals surface area (Å²) >= 11 is 1.53. The molecule has 3 heterocycles. The van der Waals surface area contributed by atoms with Gasteiger partial charge in [-0.2, -0.15) is 5.10 Å². The molecular weight excluding hydrogens is 376 g/mol. The molecule has 0 atom stereocenters. The van der Waals surface area contributed by atoms with Gasteiger partial charge in [0.15, 0.2) is 5.82 Å². The molecule has 1 aromatic carbocycles. The summed E-state index contributed by atoms with van der Waals surface area (Å²) in [7, 11) is 0. The maximum absolute atomic E-state index is 12.2. The van der Waals surface area contributed by atoms with E-state index in [0.717, 1.165) is 16.1 Å². The van der Waals surface area contributed by atoms with Crippen molar-refractivity contribution in [2.75, 3.05) is 17.2 Å². The van der Waals surface area contributed by atoms with Gasteiger partial charge in [-0.3, -0.25) is 9.59 Å². The smallest absolute Gasteiger partial charge is 0.237 e. The maximum Gasteiger partial charge on any atom is 0.237 e. The van der Waals surface area contributed by atoms with Crippen LogP contribution in [0.15, 0.2) is 60.1 Å². The number of carbonyl (C=O) groups excluding carboxylic acids is 2. The Bertz CT molecular complexity index is 974. The Morgan fingerprint density at radius 1 is 1.21 bits per heavy atom. The lowest BCUT2D eigenvalue weighted by Gasteiger charge is -2.28. The van der Waals surface area contributed by atoms with E-state index in [0.29, 0.717) is 24.7 Å². The second-order valence-corrected chi connectivity index (χ2v) is 7.21. The van der Waals surface area contributed by atoms with E-state index in [2.05, 4.69) is 20.4 Å². The fourth-order valence-electron chi connectivity index (χ4n) is 2.88. The van der Waals surface area contributed by atoms with E-state index < -0.39 is 0 Å². The fourth-order valence-corrected chi connectivity index (χ4v) is 3.82. The number of thioether (sulfide) groups is 1. The number of anilines is 1. The Morgan fingerprint density at radius 2 is 2.11 bits per heavy atom. The van der Waals surface area contributed by atoms with Gasteiger partial charge in [0.05, 0.1) is 11.4 Å². The highest BCUT2D eigenvalue weighted by atomic mass is 32.2. The molecule has 1 aliphatic rings. The van der Waals surface area contributed by atoms with E-state index in [1.807, 2.05) is 36.4 Å². The Morgan fingerprint density at radius 3 is 2.89 bits per heavy atom. The molecule has 0 unspecified atom stereocenters. The summed E-state index contributed by atoms with van der Waals surface area (Å²) in [5.74, 6) is 0.989. The van der Waals surface area contributed by atoms with Crippen LogP contribution < -0.4 is 10.2 Å². The topological polar surface area (TPSA) is 93.0 Å². The molecule has 1 aliphatic heterocycles. The van der Waals surface area contributed by atoms with Gasteiger partial charge in [-0.15, -0.1) is 11.8 Å². The van der Waals surface area contributed by atoms with Crippen LogP contribution in [0, 0.1) is 0 Å². The largest absolute Gasteiger partial charge is 0.352 e. The monoisotopic (exact) mass is 394 g/mol. The van der Waals surface area contributed by atoms with Crippen molar-refractivity contribution in [2.24, 2.45) is 0 Å². The molecule has 0 bridgehead atoms. The lowest BCUT2D eigenvalue weighted by Crippen LogP contribution is -2.38. The lowest BCUT2D eigenvalue weighted by molar-refractivity contribution is -0.121. The number of fused-ring (bicyclic) bond motifs is 1. The van der Waals surface area contributed by atoms with Crippen molar-refractivity contribution in [2.45, 2.75) is 17.9 Å². The summed E-state index contributed by atoms with van der Waals surface area (Å²) in [5, 5.41) is 6.90. The van der Waals surface area contributed by atoms with Crippen LogP contribution in [-0.2, 0) is 16.1 Å². The van der Waals surface area contributed by atoms with E-state index in [9.17, 15) is 9.59 Å². The number of hydrogen-bond donors (Lipinski definition) is 1. The molecule has 142 valence electrons. The van der Waals surface area contributed by atoms with Gasteiger partial charge in [0.25, 0.3) is 0 Å². The molecule has 0 radical (unpaired) electrons. The number of hydrogen-bond acceptors (Lipinski definition) is 6. The van der Waals surface area contributed by atoms with Gasteiger partial charge < -0.3 is 10.2 Å². The fraction of sp³-hybridized carbons (Fsp3) is 0.211. The standard InChI is InChI=1S/C19H18N6O2S/c26-18(7-8-24-15-3-1-2-4-16(15)28-11-19(24)27)22-10-14-5-6-17(21-9-14)25-13-20-12-23-25/h1-6,9,12-13H,7-8,10-11H2,(H,22,26). The maximum atomic E-state index is 12.2. The molecule has 1 N–H and O–H groups in total. The Labute approximate surface area is 166 Å². The summed E-state index contributed by atoms with van der Waals surface area (Å²) in [4.78, 5) is 35.4. The number of aromatic nitrogens is 4. The third-order valence-corrected chi connectivity index (χ3v) is 5.37. The van der Waals surface area contributed by atoms with Gasteiger partial charge in [0, 0.05) is 30.6 Å². The second-order valence-electron chi connectivity index (χ2n) is 6.19. The highest BCUT2D eigenvalue weighted by molar-refractivity contribution is 8.00. The Hall–Kier alpha value is -3.20. The normalized spacial score (nSPS) is 13.3. The van der Waals surface area contributed by atoms with Crippen LogP contribution in [-0.4, -0.2) is 43.9 Å². The van der Waals surface area contributed by atoms with E-state index in [1.165, 1.54) is 18.1 Å². The first kappa shape index (κ1) is 18.2. The SMILES string of the molecule is O=C(CCN1C(=O)CSc2ccccc21)NCc1ccc(-n2cncn2)nc1. The van der Waals surface area contributed by atoms with Crippen molar-refractivity contribution in [3.8, 4) is 5.82 Å². The predicted octanol–water partition coefficient (Wildman–Crippen LogP) is 1.81. The molecule has 0 saturated heterocycles. The van der Waals surface area contributed by atoms with Crippen molar-refractivity contribution < 1.29 is 9.59 Å². The third-order valence-electron chi connectivity index (χ3n) is 4.32. The minimum Gasteiger partial charge on any atom is -0.352 e. The first-order valence-corrected chi connectivity index (χ1v) is 9.78. The number of para-hydroxylation sites is 1. The zero-order valence-electron chi connectivity index (χ0n) is 15.0. The molecule has 0 fully saturated rings. The molecule has 8 nitrogen and oxygen atoms in total. The molecule has 0 aliphatic carbocycles. The molecule has 28 heavy (non-hydrogen) atoms. The van der Waals surface area contributed by atoms with Crippen molar-refractivity contribution >= 4 is 29.3 Å². The van der Waals surface area contributed by atoms with Gasteiger partial charge in [-0.25, -0.2) is 14.6 Å². The van der Waals surface area contributed by atoms with Crippen LogP contribution in [0.4, 0.5) is 5.69 Å². The van der Waals surface area contributed by atoms with E-state index >= 15 is 0 Å². The average Bonchev–Trinajstić information content (AvgIpc) is 3.27. The Kier molecular flexibility index (Phi) is 5.34. The van der Waals surface area contributed by atoms with Gasteiger partial charge in [-0.1, -0.05) is 18.2 Å². The zero-order chi connectivity index (χ0) is 19.3. The van der Waals surface area contributed by atoms with Gasteiger partial charge in [-0.05, 0) is 23.8 Å². The Balaban J connectivity index is 1.30. The number of carbonyl (C=O) groups is 2. The number of rotatable bonds is 6. The molecule has 9 heteroatoms. The van der Waals surface area contributed by atoms with E-state index in [1.54, 1.807) is 22.1 Å². The van der Waals surface area contributed by atoms with Crippen molar-refractivity contribution in [3.05, 3.63) is 60.8 Å². The third kappa shape index (κ3) is 4.04. The number of amides is 2. The molecule has 3 aromatic rings.